The van der Waals surface area contributed by atoms with Crippen molar-refractivity contribution in [2.24, 2.45) is 0 Å². The van der Waals surface area contributed by atoms with E-state index in [0.29, 0.717) is 0 Å². The van der Waals surface area contributed by atoms with Crippen molar-refractivity contribution in [1.29, 1.82) is 0 Å². The van der Waals surface area contributed by atoms with Gasteiger partial charge in [0.25, 0.3) is 0 Å². The van der Waals surface area contributed by atoms with Gasteiger partial charge in [0, 0.05) is 5.41 Å². The molecule has 0 aromatic carbocycles. The van der Waals surface area contributed by atoms with Gasteiger partial charge in [-0.2, -0.15) is 0 Å². The molecule has 0 unspecified atom stereocenters. The van der Waals surface area contributed by atoms with Gasteiger partial charge in [0.05, 0.1) is 12.9 Å². The van der Waals surface area contributed by atoms with Gasteiger partial charge in [0.15, 0.2) is 0 Å². The first kappa shape index (κ1) is 7.89. The maximum atomic E-state index is 4.93. The molecular formula is C6H12OS. The molecule has 0 atom stereocenters. The first-order valence-electron chi connectivity index (χ1n) is 2.80. The van der Waals surface area contributed by atoms with E-state index in [1.807, 2.05) is 12.3 Å². The summed E-state index contributed by atoms with van der Waals surface area (Å²) < 4.78 is 4.93. The molecule has 0 spiro atoms. The predicted octanol–water partition coefficient (Wildman–Crippen LogP) is 2.25. The smallest absolute Gasteiger partial charge is 0.0891 e. The van der Waals surface area contributed by atoms with Crippen LogP contribution >= 0.6 is 11.8 Å². The number of thioether (sulfide) groups is 1. The SMILES string of the molecule is CCOC=CSCC. The third-order valence-electron chi connectivity index (χ3n) is 0.581. The van der Waals surface area contributed by atoms with Crippen LogP contribution in [0.5, 0.6) is 0 Å². The lowest BCUT2D eigenvalue weighted by atomic mass is 10.9. The molecule has 0 aliphatic rings. The van der Waals surface area contributed by atoms with Crippen molar-refractivity contribution in [2.45, 2.75) is 13.8 Å². The Hall–Kier alpha value is -0.110. The van der Waals surface area contributed by atoms with Crippen molar-refractivity contribution in [1.82, 2.24) is 0 Å². The molecule has 0 aliphatic heterocycles. The third kappa shape index (κ3) is 5.89. The van der Waals surface area contributed by atoms with E-state index in [1.54, 1.807) is 18.0 Å². The molecule has 0 bridgehead atoms. The fraction of sp³-hybridized carbons (Fsp3) is 0.667. The van der Waals surface area contributed by atoms with Gasteiger partial charge in [-0.25, -0.2) is 0 Å². The van der Waals surface area contributed by atoms with E-state index in [2.05, 4.69) is 6.92 Å². The lowest BCUT2D eigenvalue weighted by Gasteiger charge is -1.89. The standard InChI is InChI=1S/C6H12OS/c1-3-7-5-6-8-4-2/h5-6H,3-4H2,1-2H3. The zero-order valence-electron chi connectivity index (χ0n) is 5.39. The van der Waals surface area contributed by atoms with E-state index < -0.39 is 0 Å². The van der Waals surface area contributed by atoms with Crippen molar-refractivity contribution in [3.05, 3.63) is 11.7 Å². The fourth-order valence-corrected chi connectivity index (χ4v) is 0.621. The average Bonchev–Trinajstić information content (AvgIpc) is 1.81. The van der Waals surface area contributed by atoms with Crippen molar-refractivity contribution < 1.29 is 4.74 Å². The number of hydrogen-bond donors (Lipinski definition) is 0. The summed E-state index contributed by atoms with van der Waals surface area (Å²) in [5.41, 5.74) is 0. The molecule has 0 fully saturated rings. The van der Waals surface area contributed by atoms with Crippen LogP contribution in [-0.4, -0.2) is 12.4 Å². The van der Waals surface area contributed by atoms with E-state index in [4.69, 9.17) is 4.74 Å². The predicted molar refractivity (Wildman–Crippen MR) is 38.9 cm³/mol. The van der Waals surface area contributed by atoms with Crippen molar-refractivity contribution in [2.75, 3.05) is 12.4 Å². The van der Waals surface area contributed by atoms with Gasteiger partial charge in [-0.05, 0) is 12.7 Å². The molecule has 0 aromatic heterocycles. The summed E-state index contributed by atoms with van der Waals surface area (Å²) in [4.78, 5) is 0. The topological polar surface area (TPSA) is 9.23 Å². The summed E-state index contributed by atoms with van der Waals surface area (Å²) in [6.07, 6.45) is 1.73. The Bertz CT molecular complexity index is 53.5. The maximum absolute atomic E-state index is 4.93. The van der Waals surface area contributed by atoms with Crippen LogP contribution in [0.2, 0.25) is 0 Å². The Morgan fingerprint density at radius 1 is 1.50 bits per heavy atom. The Kier molecular flexibility index (Phi) is 6.80. The van der Waals surface area contributed by atoms with Crippen LogP contribution in [-0.2, 0) is 4.74 Å². The quantitative estimate of drug-likeness (QED) is 0.542. The Balaban J connectivity index is 2.83. The van der Waals surface area contributed by atoms with Gasteiger partial charge in [-0.15, -0.1) is 11.8 Å². The maximum Gasteiger partial charge on any atom is 0.0891 e. The molecule has 48 valence electrons. The number of ether oxygens (including phenoxy) is 1. The highest BCUT2D eigenvalue weighted by atomic mass is 32.2. The Morgan fingerprint density at radius 2 is 2.25 bits per heavy atom. The molecule has 1 nitrogen and oxygen atoms in total. The number of hydrogen-bond acceptors (Lipinski definition) is 2. The van der Waals surface area contributed by atoms with Gasteiger partial charge in [-0.1, -0.05) is 6.92 Å². The van der Waals surface area contributed by atoms with Crippen LogP contribution in [0.3, 0.4) is 0 Å². The second-order valence-corrected chi connectivity index (χ2v) is 2.37. The first-order chi connectivity index (χ1) is 3.91. The van der Waals surface area contributed by atoms with E-state index in [9.17, 15) is 0 Å². The van der Waals surface area contributed by atoms with Crippen molar-refractivity contribution >= 4 is 11.8 Å². The normalized spacial score (nSPS) is 10.2. The highest BCUT2D eigenvalue weighted by Crippen LogP contribution is 1.98. The van der Waals surface area contributed by atoms with Crippen LogP contribution in [0, 0.1) is 0 Å². The van der Waals surface area contributed by atoms with Gasteiger partial charge in [0.2, 0.25) is 0 Å². The molecule has 0 saturated carbocycles. The van der Waals surface area contributed by atoms with E-state index >= 15 is 0 Å². The summed E-state index contributed by atoms with van der Waals surface area (Å²) >= 11 is 1.74. The molecule has 0 heterocycles. The van der Waals surface area contributed by atoms with Crippen LogP contribution in [0.25, 0.3) is 0 Å². The van der Waals surface area contributed by atoms with E-state index in [-0.39, 0.29) is 0 Å². The van der Waals surface area contributed by atoms with Crippen molar-refractivity contribution in [3.8, 4) is 0 Å². The van der Waals surface area contributed by atoms with E-state index in [1.165, 1.54) is 0 Å². The minimum Gasteiger partial charge on any atom is -0.501 e. The highest BCUT2D eigenvalue weighted by Gasteiger charge is 1.70. The van der Waals surface area contributed by atoms with Crippen molar-refractivity contribution in [3.63, 3.8) is 0 Å². The molecule has 2 heteroatoms. The molecule has 0 rings (SSSR count). The third-order valence-corrected chi connectivity index (χ3v) is 1.22. The molecular weight excluding hydrogens is 120 g/mol. The second-order valence-electron chi connectivity index (χ2n) is 1.18. The Labute approximate surface area is 55.1 Å². The minimum atomic E-state index is 0.765. The molecule has 0 aromatic rings. The van der Waals surface area contributed by atoms with Crippen LogP contribution in [0.1, 0.15) is 13.8 Å². The lowest BCUT2D eigenvalue weighted by Crippen LogP contribution is -1.74. The molecule has 0 amide bonds. The summed E-state index contributed by atoms with van der Waals surface area (Å²) in [7, 11) is 0. The van der Waals surface area contributed by atoms with Crippen LogP contribution in [0.15, 0.2) is 11.7 Å². The first-order valence-corrected chi connectivity index (χ1v) is 3.85. The molecule has 0 aliphatic carbocycles. The van der Waals surface area contributed by atoms with Gasteiger partial charge < -0.3 is 4.74 Å². The molecule has 0 radical (unpaired) electrons. The molecule has 0 saturated heterocycles. The van der Waals surface area contributed by atoms with Crippen LogP contribution < -0.4 is 0 Å². The van der Waals surface area contributed by atoms with Gasteiger partial charge in [0.1, 0.15) is 0 Å². The fourth-order valence-electron chi connectivity index (χ4n) is 0.271. The number of rotatable bonds is 4. The highest BCUT2D eigenvalue weighted by molar-refractivity contribution is 8.02. The summed E-state index contributed by atoms with van der Waals surface area (Å²) in [6.45, 7) is 4.85. The largest absolute Gasteiger partial charge is 0.501 e. The van der Waals surface area contributed by atoms with Gasteiger partial charge in [-0.3, -0.25) is 0 Å². The molecule has 8 heavy (non-hydrogen) atoms. The Morgan fingerprint density at radius 3 is 2.75 bits per heavy atom. The van der Waals surface area contributed by atoms with E-state index in [0.717, 1.165) is 12.4 Å². The minimum absolute atomic E-state index is 0.765. The lowest BCUT2D eigenvalue weighted by molar-refractivity contribution is 0.270. The second kappa shape index (κ2) is 6.89. The molecule has 0 N–H and O–H groups in total. The zero-order chi connectivity index (χ0) is 6.24. The van der Waals surface area contributed by atoms with Crippen LogP contribution in [0.4, 0.5) is 0 Å². The summed E-state index contributed by atoms with van der Waals surface area (Å²) in [5, 5.41) is 1.96. The monoisotopic (exact) mass is 132 g/mol. The summed E-state index contributed by atoms with van der Waals surface area (Å²) in [6, 6.07) is 0. The summed E-state index contributed by atoms with van der Waals surface area (Å²) in [5.74, 6) is 1.11. The van der Waals surface area contributed by atoms with Gasteiger partial charge >= 0.3 is 0 Å². The average molecular weight is 132 g/mol. The zero-order valence-corrected chi connectivity index (χ0v) is 6.20.